The number of carbonyl (C=O) groups excluding carboxylic acids is 1. The summed E-state index contributed by atoms with van der Waals surface area (Å²) in [7, 11) is 0. The molecule has 0 aliphatic heterocycles. The van der Waals surface area contributed by atoms with Crippen LogP contribution in [0.3, 0.4) is 0 Å². The first-order valence-electron chi connectivity index (χ1n) is 6.38. The highest BCUT2D eigenvalue weighted by molar-refractivity contribution is 9.10. The number of nitrogens with one attached hydrogen (secondary N) is 2. The van der Waals surface area contributed by atoms with Crippen LogP contribution in [0.25, 0.3) is 0 Å². The molecule has 1 amide bonds. The van der Waals surface area contributed by atoms with Gasteiger partial charge < -0.3 is 10.6 Å². The van der Waals surface area contributed by atoms with Gasteiger partial charge in [-0.05, 0) is 36.5 Å². The first kappa shape index (κ1) is 13.6. The van der Waals surface area contributed by atoms with Gasteiger partial charge in [0.15, 0.2) is 0 Å². The lowest BCUT2D eigenvalue weighted by atomic mass is 9.76. The van der Waals surface area contributed by atoms with Crippen LogP contribution in [-0.2, 0) is 4.79 Å². The Balaban J connectivity index is 1.64. The van der Waals surface area contributed by atoms with Crippen LogP contribution in [-0.4, -0.2) is 25.0 Å². The summed E-state index contributed by atoms with van der Waals surface area (Å²) in [6.45, 7) is 3.12. The van der Waals surface area contributed by atoms with Gasteiger partial charge in [0, 0.05) is 30.5 Å². The highest BCUT2D eigenvalue weighted by Gasteiger charge is 2.29. The molecule has 0 aromatic heterocycles. The molecule has 0 unspecified atom stereocenters. The summed E-state index contributed by atoms with van der Waals surface area (Å²) in [4.78, 5) is 10.7. The second-order valence-electron chi connectivity index (χ2n) is 4.85. The third-order valence-electron chi connectivity index (χ3n) is 3.41. The van der Waals surface area contributed by atoms with E-state index in [1.807, 2.05) is 0 Å². The fourth-order valence-corrected chi connectivity index (χ4v) is 2.57. The molecule has 2 N–H and O–H groups in total. The second kappa shape index (κ2) is 6.34. The normalized spacial score (nSPS) is 22.3. The van der Waals surface area contributed by atoms with E-state index < -0.39 is 0 Å². The molecule has 1 fully saturated rings. The zero-order valence-corrected chi connectivity index (χ0v) is 12.2. The monoisotopic (exact) mass is 310 g/mol. The molecule has 0 heterocycles. The maximum atomic E-state index is 10.7. The Morgan fingerprint density at radius 2 is 1.94 bits per heavy atom. The van der Waals surface area contributed by atoms with Crippen molar-refractivity contribution in [3.63, 3.8) is 0 Å². The van der Waals surface area contributed by atoms with Crippen molar-refractivity contribution in [2.24, 2.45) is 0 Å². The quantitative estimate of drug-likeness (QED) is 0.820. The lowest BCUT2D eigenvalue weighted by Gasteiger charge is -2.36. The maximum absolute atomic E-state index is 10.7. The van der Waals surface area contributed by atoms with Crippen molar-refractivity contribution in [2.75, 3.05) is 13.1 Å². The molecule has 0 bridgehead atoms. The Kier molecular flexibility index (Phi) is 4.78. The molecular weight excluding hydrogens is 292 g/mol. The molecule has 0 saturated heterocycles. The summed E-state index contributed by atoms with van der Waals surface area (Å²) in [6, 6.07) is 9.21. The minimum Gasteiger partial charge on any atom is -0.355 e. The lowest BCUT2D eigenvalue weighted by molar-refractivity contribution is -0.118. The molecule has 1 saturated carbocycles. The van der Waals surface area contributed by atoms with Gasteiger partial charge >= 0.3 is 0 Å². The second-order valence-corrected chi connectivity index (χ2v) is 5.77. The SMILES string of the molecule is CC(=O)NCCNC1CC(c2ccc(Br)cc2)C1. The van der Waals surface area contributed by atoms with Gasteiger partial charge in [0.05, 0.1) is 0 Å². The summed E-state index contributed by atoms with van der Waals surface area (Å²) in [6.07, 6.45) is 2.39. The summed E-state index contributed by atoms with van der Waals surface area (Å²) < 4.78 is 1.13. The highest BCUT2D eigenvalue weighted by atomic mass is 79.9. The minimum absolute atomic E-state index is 0.0400. The number of benzene rings is 1. The van der Waals surface area contributed by atoms with Gasteiger partial charge in [-0.3, -0.25) is 4.79 Å². The predicted molar refractivity (Wildman–Crippen MR) is 76.6 cm³/mol. The van der Waals surface area contributed by atoms with Crippen LogP contribution >= 0.6 is 15.9 Å². The average Bonchev–Trinajstić information content (AvgIpc) is 2.28. The zero-order chi connectivity index (χ0) is 13.0. The Morgan fingerprint density at radius 3 is 2.56 bits per heavy atom. The van der Waals surface area contributed by atoms with E-state index in [0.29, 0.717) is 12.0 Å². The third-order valence-corrected chi connectivity index (χ3v) is 3.94. The molecule has 1 aromatic rings. The van der Waals surface area contributed by atoms with Crippen molar-refractivity contribution in [1.82, 2.24) is 10.6 Å². The molecule has 1 aromatic carbocycles. The fourth-order valence-electron chi connectivity index (χ4n) is 2.31. The molecule has 0 atom stereocenters. The molecule has 2 rings (SSSR count). The third kappa shape index (κ3) is 3.82. The topological polar surface area (TPSA) is 41.1 Å². The first-order chi connectivity index (χ1) is 8.65. The van der Waals surface area contributed by atoms with Crippen molar-refractivity contribution in [2.45, 2.75) is 31.7 Å². The van der Waals surface area contributed by atoms with Gasteiger partial charge in [0.2, 0.25) is 5.91 Å². The van der Waals surface area contributed by atoms with E-state index >= 15 is 0 Å². The molecular formula is C14H19BrN2O. The van der Waals surface area contributed by atoms with Crippen molar-refractivity contribution in [3.8, 4) is 0 Å². The average molecular weight is 311 g/mol. The van der Waals surface area contributed by atoms with Crippen LogP contribution in [0.1, 0.15) is 31.2 Å². The molecule has 18 heavy (non-hydrogen) atoms. The van der Waals surface area contributed by atoms with Gasteiger partial charge in [0.25, 0.3) is 0 Å². The van der Waals surface area contributed by atoms with Crippen LogP contribution in [0, 0.1) is 0 Å². The lowest BCUT2D eigenvalue weighted by Crippen LogP contribution is -2.43. The number of halogens is 1. The zero-order valence-electron chi connectivity index (χ0n) is 10.6. The number of hydrogen-bond acceptors (Lipinski definition) is 2. The molecule has 98 valence electrons. The molecule has 0 radical (unpaired) electrons. The minimum atomic E-state index is 0.0400. The summed E-state index contributed by atoms with van der Waals surface area (Å²) in [5.74, 6) is 0.731. The van der Waals surface area contributed by atoms with Crippen molar-refractivity contribution < 1.29 is 4.79 Å². The standard InChI is InChI=1S/C14H19BrN2O/c1-10(18)16-6-7-17-14-8-12(9-14)11-2-4-13(15)5-3-11/h2-5,12,14,17H,6-9H2,1H3,(H,16,18). The van der Waals surface area contributed by atoms with E-state index in [1.165, 1.54) is 18.4 Å². The smallest absolute Gasteiger partial charge is 0.216 e. The first-order valence-corrected chi connectivity index (χ1v) is 7.17. The molecule has 4 heteroatoms. The summed E-state index contributed by atoms with van der Waals surface area (Å²) >= 11 is 3.45. The molecule has 3 nitrogen and oxygen atoms in total. The van der Waals surface area contributed by atoms with Gasteiger partial charge in [-0.15, -0.1) is 0 Å². The van der Waals surface area contributed by atoms with Crippen LogP contribution in [0.4, 0.5) is 0 Å². The highest BCUT2D eigenvalue weighted by Crippen LogP contribution is 2.37. The Morgan fingerprint density at radius 1 is 1.28 bits per heavy atom. The van der Waals surface area contributed by atoms with E-state index in [4.69, 9.17) is 0 Å². The van der Waals surface area contributed by atoms with Crippen molar-refractivity contribution >= 4 is 21.8 Å². The molecule has 1 aliphatic carbocycles. The molecule has 0 spiro atoms. The number of rotatable bonds is 5. The number of hydrogen-bond donors (Lipinski definition) is 2. The Hall–Kier alpha value is -0.870. The predicted octanol–water partition coefficient (Wildman–Crippen LogP) is 2.42. The van der Waals surface area contributed by atoms with E-state index in [0.717, 1.165) is 17.6 Å². The Labute approximate surface area is 116 Å². The van der Waals surface area contributed by atoms with Crippen molar-refractivity contribution in [3.05, 3.63) is 34.3 Å². The van der Waals surface area contributed by atoms with Crippen LogP contribution in [0.15, 0.2) is 28.7 Å². The van der Waals surface area contributed by atoms with Gasteiger partial charge in [-0.1, -0.05) is 28.1 Å². The van der Waals surface area contributed by atoms with Gasteiger partial charge in [-0.2, -0.15) is 0 Å². The Bertz CT molecular complexity index is 399. The van der Waals surface area contributed by atoms with E-state index in [9.17, 15) is 4.79 Å². The van der Waals surface area contributed by atoms with Gasteiger partial charge in [0.1, 0.15) is 0 Å². The maximum Gasteiger partial charge on any atom is 0.216 e. The van der Waals surface area contributed by atoms with E-state index in [2.05, 4.69) is 50.8 Å². The molecule has 1 aliphatic rings. The largest absolute Gasteiger partial charge is 0.355 e. The fraction of sp³-hybridized carbons (Fsp3) is 0.500. The van der Waals surface area contributed by atoms with Crippen LogP contribution < -0.4 is 10.6 Å². The van der Waals surface area contributed by atoms with E-state index in [-0.39, 0.29) is 5.91 Å². The van der Waals surface area contributed by atoms with Crippen LogP contribution in [0.5, 0.6) is 0 Å². The number of amides is 1. The van der Waals surface area contributed by atoms with Crippen LogP contribution in [0.2, 0.25) is 0 Å². The number of carbonyl (C=O) groups is 1. The van der Waals surface area contributed by atoms with Gasteiger partial charge in [-0.25, -0.2) is 0 Å². The van der Waals surface area contributed by atoms with Crippen molar-refractivity contribution in [1.29, 1.82) is 0 Å². The summed E-state index contributed by atoms with van der Waals surface area (Å²) in [5.41, 5.74) is 1.43. The summed E-state index contributed by atoms with van der Waals surface area (Å²) in [5, 5.41) is 6.25. The van der Waals surface area contributed by atoms with E-state index in [1.54, 1.807) is 6.92 Å².